The van der Waals surface area contributed by atoms with Crippen LogP contribution in [-0.4, -0.2) is 29.1 Å². The average molecular weight is 348 g/mol. The van der Waals surface area contributed by atoms with E-state index in [0.29, 0.717) is 23.6 Å². The van der Waals surface area contributed by atoms with E-state index in [9.17, 15) is 14.3 Å². The van der Waals surface area contributed by atoms with Crippen molar-refractivity contribution >= 4 is 17.6 Å². The summed E-state index contributed by atoms with van der Waals surface area (Å²) < 4.78 is 14.5. The van der Waals surface area contributed by atoms with Crippen LogP contribution in [0.15, 0.2) is 48.5 Å². The van der Waals surface area contributed by atoms with Gasteiger partial charge in [-0.15, -0.1) is 0 Å². The number of rotatable bonds is 4. The summed E-state index contributed by atoms with van der Waals surface area (Å²) in [6.07, 6.45) is 1.44. The second kappa shape index (κ2) is 7.32. The molecular weight excluding hydrogens is 329 g/mol. The van der Waals surface area contributed by atoms with Crippen LogP contribution in [0.2, 0.25) is 5.02 Å². The molecule has 0 aliphatic carbocycles. The van der Waals surface area contributed by atoms with Gasteiger partial charge in [0.1, 0.15) is 5.82 Å². The van der Waals surface area contributed by atoms with Gasteiger partial charge >= 0.3 is 5.97 Å². The Labute approximate surface area is 145 Å². The van der Waals surface area contributed by atoms with Crippen molar-refractivity contribution < 1.29 is 14.3 Å². The Morgan fingerprint density at radius 3 is 2.75 bits per heavy atom. The molecule has 0 bridgehead atoms. The molecule has 2 atom stereocenters. The number of aliphatic carboxylic acids is 1. The highest BCUT2D eigenvalue weighted by Crippen LogP contribution is 2.34. The summed E-state index contributed by atoms with van der Waals surface area (Å²) in [5.41, 5.74) is 1.42. The first kappa shape index (κ1) is 16.9. The standard InChI is InChI=1S/C19H19ClFNO2/c20-15-7-3-5-13(11-15)18(16-8-1-2-9-17(16)21)22-10-4-6-14(12-22)19(23)24/h1-3,5,7-9,11,14,18H,4,6,10,12H2,(H,23,24). The fourth-order valence-corrected chi connectivity index (χ4v) is 3.60. The molecule has 24 heavy (non-hydrogen) atoms. The molecule has 2 aromatic rings. The van der Waals surface area contributed by atoms with E-state index in [1.165, 1.54) is 6.07 Å². The summed E-state index contributed by atoms with van der Waals surface area (Å²) in [6, 6.07) is 13.7. The van der Waals surface area contributed by atoms with Crippen LogP contribution < -0.4 is 0 Å². The Hall–Kier alpha value is -1.91. The van der Waals surface area contributed by atoms with Gasteiger partial charge < -0.3 is 5.11 Å². The van der Waals surface area contributed by atoms with Crippen molar-refractivity contribution in [2.24, 2.45) is 5.92 Å². The van der Waals surface area contributed by atoms with Crippen LogP contribution in [0, 0.1) is 11.7 Å². The normalized spacial score (nSPS) is 19.8. The van der Waals surface area contributed by atoms with E-state index in [2.05, 4.69) is 0 Å². The summed E-state index contributed by atoms with van der Waals surface area (Å²) in [5.74, 6) is -1.51. The molecule has 3 nitrogen and oxygen atoms in total. The quantitative estimate of drug-likeness (QED) is 0.893. The van der Waals surface area contributed by atoms with Crippen molar-refractivity contribution in [2.75, 3.05) is 13.1 Å². The van der Waals surface area contributed by atoms with Crippen LogP contribution in [0.5, 0.6) is 0 Å². The Bertz CT molecular complexity index is 737. The molecule has 2 aromatic carbocycles. The van der Waals surface area contributed by atoms with Gasteiger partial charge in [-0.05, 0) is 43.1 Å². The SMILES string of the molecule is O=C(O)C1CCCN(C(c2cccc(Cl)c2)c2ccccc2F)C1. The van der Waals surface area contributed by atoms with E-state index in [1.807, 2.05) is 23.1 Å². The van der Waals surface area contributed by atoms with E-state index < -0.39 is 11.9 Å². The molecule has 0 spiro atoms. The highest BCUT2D eigenvalue weighted by atomic mass is 35.5. The van der Waals surface area contributed by atoms with Crippen LogP contribution in [0.3, 0.4) is 0 Å². The molecule has 1 heterocycles. The number of hydrogen-bond acceptors (Lipinski definition) is 2. The van der Waals surface area contributed by atoms with Gasteiger partial charge in [-0.3, -0.25) is 9.69 Å². The molecule has 0 amide bonds. The lowest BCUT2D eigenvalue weighted by Gasteiger charge is -2.37. The van der Waals surface area contributed by atoms with E-state index in [1.54, 1.807) is 24.3 Å². The van der Waals surface area contributed by atoms with E-state index in [-0.39, 0.29) is 11.9 Å². The summed E-state index contributed by atoms with van der Waals surface area (Å²) in [5, 5.41) is 9.94. The molecule has 2 unspecified atom stereocenters. The van der Waals surface area contributed by atoms with E-state index in [0.717, 1.165) is 18.5 Å². The van der Waals surface area contributed by atoms with Gasteiger partial charge in [-0.25, -0.2) is 4.39 Å². The van der Waals surface area contributed by atoms with Crippen LogP contribution in [0.4, 0.5) is 4.39 Å². The van der Waals surface area contributed by atoms with Crippen molar-refractivity contribution in [3.8, 4) is 0 Å². The highest BCUT2D eigenvalue weighted by molar-refractivity contribution is 6.30. The number of benzene rings is 2. The summed E-state index contributed by atoms with van der Waals surface area (Å²) in [6.45, 7) is 1.14. The maximum absolute atomic E-state index is 14.5. The molecule has 126 valence electrons. The number of carbonyl (C=O) groups is 1. The predicted octanol–water partition coefficient (Wildman–Crippen LogP) is 4.37. The summed E-state index contributed by atoms with van der Waals surface area (Å²) >= 11 is 6.13. The lowest BCUT2D eigenvalue weighted by Crippen LogP contribution is -2.41. The number of carboxylic acids is 1. The minimum absolute atomic E-state index is 0.292. The van der Waals surface area contributed by atoms with Gasteiger partial charge in [0.2, 0.25) is 0 Å². The Balaban J connectivity index is 2.02. The fraction of sp³-hybridized carbons (Fsp3) is 0.316. The highest BCUT2D eigenvalue weighted by Gasteiger charge is 2.32. The first-order valence-electron chi connectivity index (χ1n) is 8.03. The number of piperidine rings is 1. The molecule has 1 aliphatic rings. The van der Waals surface area contributed by atoms with E-state index >= 15 is 0 Å². The number of likely N-dealkylation sites (tertiary alicyclic amines) is 1. The predicted molar refractivity (Wildman–Crippen MR) is 91.6 cm³/mol. The van der Waals surface area contributed by atoms with Gasteiger partial charge in [-0.1, -0.05) is 41.9 Å². The monoisotopic (exact) mass is 347 g/mol. The smallest absolute Gasteiger partial charge is 0.307 e. The maximum atomic E-state index is 14.5. The zero-order valence-corrected chi connectivity index (χ0v) is 13.9. The molecule has 1 saturated heterocycles. The lowest BCUT2D eigenvalue weighted by molar-refractivity contribution is -0.143. The Morgan fingerprint density at radius 2 is 2.04 bits per heavy atom. The molecule has 3 rings (SSSR count). The zero-order chi connectivity index (χ0) is 17.1. The lowest BCUT2D eigenvalue weighted by atomic mass is 9.91. The summed E-state index contributed by atoms with van der Waals surface area (Å²) in [7, 11) is 0. The number of nitrogens with zero attached hydrogens (tertiary/aromatic N) is 1. The largest absolute Gasteiger partial charge is 0.481 e. The molecule has 0 saturated carbocycles. The van der Waals surface area contributed by atoms with Gasteiger partial charge in [0, 0.05) is 17.1 Å². The zero-order valence-electron chi connectivity index (χ0n) is 13.2. The second-order valence-corrected chi connectivity index (χ2v) is 6.59. The number of carboxylic acid groups (broad SMARTS) is 1. The van der Waals surface area contributed by atoms with Crippen molar-refractivity contribution in [1.82, 2.24) is 4.90 Å². The van der Waals surface area contributed by atoms with Crippen LogP contribution in [0.1, 0.15) is 30.0 Å². The van der Waals surface area contributed by atoms with Crippen LogP contribution in [-0.2, 0) is 4.79 Å². The van der Waals surface area contributed by atoms with Crippen molar-refractivity contribution in [2.45, 2.75) is 18.9 Å². The Kier molecular flexibility index (Phi) is 5.17. The third kappa shape index (κ3) is 3.60. The first-order chi connectivity index (χ1) is 11.6. The third-order valence-electron chi connectivity index (χ3n) is 4.53. The van der Waals surface area contributed by atoms with Crippen LogP contribution in [0.25, 0.3) is 0 Å². The molecule has 5 heteroatoms. The van der Waals surface area contributed by atoms with Crippen molar-refractivity contribution in [1.29, 1.82) is 0 Å². The van der Waals surface area contributed by atoms with Gasteiger partial charge in [0.05, 0.1) is 12.0 Å². The van der Waals surface area contributed by atoms with Gasteiger partial charge in [0.15, 0.2) is 0 Å². The molecule has 0 radical (unpaired) electrons. The molecule has 0 aromatic heterocycles. The Morgan fingerprint density at radius 1 is 1.25 bits per heavy atom. The minimum atomic E-state index is -0.793. The third-order valence-corrected chi connectivity index (χ3v) is 4.77. The van der Waals surface area contributed by atoms with Gasteiger partial charge in [-0.2, -0.15) is 0 Å². The topological polar surface area (TPSA) is 40.5 Å². The molecule has 1 fully saturated rings. The van der Waals surface area contributed by atoms with Crippen LogP contribution >= 0.6 is 11.6 Å². The first-order valence-corrected chi connectivity index (χ1v) is 8.41. The average Bonchev–Trinajstić information content (AvgIpc) is 2.57. The number of halogens is 2. The second-order valence-electron chi connectivity index (χ2n) is 6.15. The van der Waals surface area contributed by atoms with Crippen molar-refractivity contribution in [3.63, 3.8) is 0 Å². The molecule has 1 aliphatic heterocycles. The van der Waals surface area contributed by atoms with Crippen molar-refractivity contribution in [3.05, 3.63) is 70.5 Å². The van der Waals surface area contributed by atoms with E-state index in [4.69, 9.17) is 11.6 Å². The minimum Gasteiger partial charge on any atom is -0.481 e. The van der Waals surface area contributed by atoms with Gasteiger partial charge in [0.25, 0.3) is 0 Å². The molecular formula is C19H19ClFNO2. The molecule has 1 N–H and O–H groups in total. The number of hydrogen-bond donors (Lipinski definition) is 1. The summed E-state index contributed by atoms with van der Waals surface area (Å²) in [4.78, 5) is 13.4. The maximum Gasteiger partial charge on any atom is 0.307 e. The fourth-order valence-electron chi connectivity index (χ4n) is 3.40.